The molecule has 1 aromatic rings. The molecule has 1 aliphatic heterocycles. The van der Waals surface area contributed by atoms with Crippen LogP contribution in [0.4, 0.5) is 0 Å². The van der Waals surface area contributed by atoms with Gasteiger partial charge in [-0.2, -0.15) is 5.10 Å². The second-order valence-electron chi connectivity index (χ2n) is 8.72. The summed E-state index contributed by atoms with van der Waals surface area (Å²) in [6, 6.07) is 5.97. The molecule has 13 heteroatoms. The van der Waals surface area contributed by atoms with Crippen molar-refractivity contribution in [2.24, 2.45) is 5.10 Å². The Labute approximate surface area is 226 Å². The topological polar surface area (TPSA) is 151 Å². The number of aryl methyl sites for hydroxylation is 2. The number of hydrogen-bond donors (Lipinski definition) is 2. The summed E-state index contributed by atoms with van der Waals surface area (Å²) in [6.07, 6.45) is -6.16. The lowest BCUT2D eigenvalue weighted by atomic mass is 9.97. The highest BCUT2D eigenvalue weighted by molar-refractivity contribution is 7.80. The third kappa shape index (κ3) is 9.06. The normalized spacial score (nSPS) is 23.0. The van der Waals surface area contributed by atoms with Crippen molar-refractivity contribution >= 4 is 46.9 Å². The summed E-state index contributed by atoms with van der Waals surface area (Å²) in [5.74, 6) is -2.78. The molecule has 1 fully saturated rings. The highest BCUT2D eigenvalue weighted by Crippen LogP contribution is 2.28. The first-order valence-electron chi connectivity index (χ1n) is 11.8. The van der Waals surface area contributed by atoms with Crippen molar-refractivity contribution < 1.29 is 42.9 Å². The first-order valence-corrected chi connectivity index (χ1v) is 12.2. The zero-order chi connectivity index (χ0) is 28.6. The fourth-order valence-electron chi connectivity index (χ4n) is 3.83. The van der Waals surface area contributed by atoms with Crippen LogP contribution in [0.15, 0.2) is 23.3 Å². The Hall–Kier alpha value is -3.58. The third-order valence-electron chi connectivity index (χ3n) is 5.37. The minimum atomic E-state index is -1.31. The van der Waals surface area contributed by atoms with Gasteiger partial charge in [0.2, 0.25) is 0 Å². The van der Waals surface area contributed by atoms with E-state index in [4.69, 9.17) is 35.9 Å². The van der Waals surface area contributed by atoms with Gasteiger partial charge in [-0.3, -0.25) is 24.6 Å². The van der Waals surface area contributed by atoms with Crippen molar-refractivity contribution in [3.05, 3.63) is 34.9 Å². The summed E-state index contributed by atoms with van der Waals surface area (Å²) in [6.45, 7) is 10.0. The van der Waals surface area contributed by atoms with E-state index in [1.54, 1.807) is 0 Å². The Morgan fingerprint density at radius 3 is 2.05 bits per heavy atom. The van der Waals surface area contributed by atoms with E-state index in [0.717, 1.165) is 37.5 Å². The summed E-state index contributed by atoms with van der Waals surface area (Å²) in [5.41, 5.74) is 6.40. The Bertz CT molecular complexity index is 1110. The van der Waals surface area contributed by atoms with E-state index in [9.17, 15) is 19.2 Å². The number of nitrogens with one attached hydrogen (secondary N) is 2. The van der Waals surface area contributed by atoms with Crippen molar-refractivity contribution in [1.29, 1.82) is 0 Å². The zero-order valence-electron chi connectivity index (χ0n) is 22.4. The van der Waals surface area contributed by atoms with Gasteiger partial charge in [0.25, 0.3) is 0 Å². The van der Waals surface area contributed by atoms with Crippen molar-refractivity contribution in [2.75, 3.05) is 6.61 Å². The van der Waals surface area contributed by atoms with E-state index in [2.05, 4.69) is 15.8 Å². The maximum Gasteiger partial charge on any atom is 0.303 e. The first kappa shape index (κ1) is 30.6. The van der Waals surface area contributed by atoms with Crippen molar-refractivity contribution in [1.82, 2.24) is 10.7 Å². The molecule has 2 N–H and O–H groups in total. The summed E-state index contributed by atoms with van der Waals surface area (Å²) < 4.78 is 27.2. The summed E-state index contributed by atoms with van der Waals surface area (Å²) in [4.78, 5) is 47.2. The fraction of sp³-hybridized carbons (Fsp3) is 0.520. The molecule has 0 unspecified atom stereocenters. The number of esters is 4. The molecule has 0 aliphatic carbocycles. The van der Waals surface area contributed by atoms with Gasteiger partial charge in [0.15, 0.2) is 29.7 Å². The van der Waals surface area contributed by atoms with E-state index < -0.39 is 54.5 Å². The van der Waals surface area contributed by atoms with Crippen LogP contribution in [-0.2, 0) is 42.9 Å². The van der Waals surface area contributed by atoms with Gasteiger partial charge in [-0.1, -0.05) is 17.7 Å². The highest BCUT2D eigenvalue weighted by Gasteiger charge is 2.52. The lowest BCUT2D eigenvalue weighted by Crippen LogP contribution is -2.66. The second-order valence-corrected chi connectivity index (χ2v) is 9.13. The molecule has 38 heavy (non-hydrogen) atoms. The number of rotatable bonds is 8. The Morgan fingerprint density at radius 1 is 0.895 bits per heavy atom. The molecule has 5 atom stereocenters. The van der Waals surface area contributed by atoms with E-state index in [1.807, 2.05) is 39.0 Å². The summed E-state index contributed by atoms with van der Waals surface area (Å²) >= 11 is 5.37. The number of carbonyl (C=O) groups is 4. The lowest BCUT2D eigenvalue weighted by Gasteiger charge is -2.44. The van der Waals surface area contributed by atoms with Crippen molar-refractivity contribution in [3.8, 4) is 0 Å². The van der Waals surface area contributed by atoms with Gasteiger partial charge in [-0.15, -0.1) is 0 Å². The number of carbonyl (C=O) groups excluding carboxylic acids is 4. The number of thiocarbonyl (C=S) groups is 1. The molecule has 0 bridgehead atoms. The fourth-order valence-corrected chi connectivity index (χ4v) is 3.99. The van der Waals surface area contributed by atoms with Crippen LogP contribution < -0.4 is 10.7 Å². The molecule has 0 aromatic heterocycles. The van der Waals surface area contributed by atoms with Gasteiger partial charge in [0.1, 0.15) is 12.7 Å². The average Bonchev–Trinajstić information content (AvgIpc) is 2.80. The molecular formula is C25H33N3O9S. The lowest BCUT2D eigenvalue weighted by molar-refractivity contribution is -0.254. The second kappa shape index (κ2) is 13.8. The Morgan fingerprint density at radius 2 is 1.47 bits per heavy atom. The first-order chi connectivity index (χ1) is 17.8. The van der Waals surface area contributed by atoms with E-state index in [0.29, 0.717) is 5.71 Å². The van der Waals surface area contributed by atoms with E-state index in [-0.39, 0.29) is 11.7 Å². The molecule has 208 valence electrons. The van der Waals surface area contributed by atoms with Crippen LogP contribution in [0, 0.1) is 13.8 Å². The third-order valence-corrected chi connectivity index (χ3v) is 5.58. The molecule has 0 saturated carbocycles. The van der Waals surface area contributed by atoms with Gasteiger partial charge in [0.05, 0.1) is 5.71 Å². The van der Waals surface area contributed by atoms with Crippen LogP contribution in [0.3, 0.4) is 0 Å². The van der Waals surface area contributed by atoms with E-state index >= 15 is 0 Å². The number of hydrazone groups is 1. The molecule has 1 saturated heterocycles. The predicted molar refractivity (Wildman–Crippen MR) is 139 cm³/mol. The molecule has 2 rings (SSSR count). The maximum absolute atomic E-state index is 11.9. The maximum atomic E-state index is 11.9. The standard InChI is InChI=1S/C25H33N3O9S/c1-12-8-9-13(2)19(10-12)14(3)27-28-25(38)26-24-23(36-18(7)32)22(35-17(6)31)21(34-16(5)30)20(37-24)11-33-15(4)29/h8-10,20-24H,11H2,1-7H3,(H2,26,28,38)/b27-14+/t20-,21-,22+,23-,24-/m1/s1. The molecule has 1 aliphatic rings. The van der Waals surface area contributed by atoms with Crippen LogP contribution in [0.1, 0.15) is 51.3 Å². The van der Waals surface area contributed by atoms with E-state index in [1.165, 1.54) is 6.92 Å². The minimum absolute atomic E-state index is 0.00412. The highest BCUT2D eigenvalue weighted by atomic mass is 32.1. The summed E-state index contributed by atoms with van der Waals surface area (Å²) in [7, 11) is 0. The molecule has 0 spiro atoms. The minimum Gasteiger partial charge on any atom is -0.463 e. The van der Waals surface area contributed by atoms with Gasteiger partial charge in [-0.25, -0.2) is 0 Å². The van der Waals surface area contributed by atoms with Gasteiger partial charge >= 0.3 is 23.9 Å². The quantitative estimate of drug-likeness (QED) is 0.159. The van der Waals surface area contributed by atoms with Crippen LogP contribution in [0.5, 0.6) is 0 Å². The molecule has 1 aromatic carbocycles. The monoisotopic (exact) mass is 551 g/mol. The molecule has 1 heterocycles. The zero-order valence-corrected chi connectivity index (χ0v) is 23.2. The smallest absolute Gasteiger partial charge is 0.303 e. The summed E-state index contributed by atoms with van der Waals surface area (Å²) in [5, 5.41) is 7.16. The molecule has 0 amide bonds. The van der Waals surface area contributed by atoms with Gasteiger partial charge in [0, 0.05) is 33.3 Å². The van der Waals surface area contributed by atoms with Crippen LogP contribution >= 0.6 is 12.2 Å². The predicted octanol–water partition coefficient (Wildman–Crippen LogP) is 1.57. The van der Waals surface area contributed by atoms with Crippen molar-refractivity contribution in [2.45, 2.75) is 79.1 Å². The SMILES string of the molecule is CC(=O)OC[C@H]1O[C@@H](NC(=S)N/N=C(\C)c2cc(C)ccc2C)[C@H](OC(C)=O)[C@@H](OC(C)=O)[C@@H]1OC(C)=O. The van der Waals surface area contributed by atoms with Crippen LogP contribution in [0.25, 0.3) is 0 Å². The largest absolute Gasteiger partial charge is 0.463 e. The number of nitrogens with zero attached hydrogens (tertiary/aromatic N) is 1. The number of hydrogen-bond acceptors (Lipinski definition) is 11. The van der Waals surface area contributed by atoms with Crippen LogP contribution in [-0.4, -0.2) is 72.0 Å². The molecule has 0 radical (unpaired) electrons. The van der Waals surface area contributed by atoms with Crippen molar-refractivity contribution in [3.63, 3.8) is 0 Å². The Balaban J connectivity index is 2.34. The number of benzene rings is 1. The molecule has 12 nitrogen and oxygen atoms in total. The number of ether oxygens (including phenoxy) is 5. The average molecular weight is 552 g/mol. The van der Waals surface area contributed by atoms with Gasteiger partial charge in [-0.05, 0) is 44.6 Å². The van der Waals surface area contributed by atoms with Gasteiger partial charge < -0.3 is 29.0 Å². The Kier molecular flexibility index (Phi) is 11.1. The van der Waals surface area contributed by atoms with Crippen LogP contribution in [0.2, 0.25) is 0 Å². The molecular weight excluding hydrogens is 518 g/mol.